The summed E-state index contributed by atoms with van der Waals surface area (Å²) in [5, 5.41) is 8.50. The first kappa shape index (κ1) is 22.2. The molecule has 2 aromatic carbocycles. The standard InChI is InChI=1S/C26H26N4O3/c1-16-8-7-10-19-17(2)14-23(28-26(16)19)30-24(15-18(3)29-30)27-25(32)13-12-21(31)20-9-5-6-11-22(20)33-4/h5-11,14-15H,12-13H2,1-4H3,(H,27,32). The van der Waals surface area contributed by atoms with Crippen LogP contribution in [0.15, 0.2) is 54.6 Å². The Labute approximate surface area is 192 Å². The number of aromatic nitrogens is 3. The fourth-order valence-corrected chi connectivity index (χ4v) is 3.86. The van der Waals surface area contributed by atoms with Crippen LogP contribution in [0, 0.1) is 20.8 Å². The number of pyridine rings is 1. The number of hydrogen-bond donors (Lipinski definition) is 1. The van der Waals surface area contributed by atoms with Crippen molar-refractivity contribution >= 4 is 28.4 Å². The summed E-state index contributed by atoms with van der Waals surface area (Å²) in [7, 11) is 1.52. The fraction of sp³-hybridized carbons (Fsp3) is 0.231. The summed E-state index contributed by atoms with van der Waals surface area (Å²) >= 11 is 0. The van der Waals surface area contributed by atoms with E-state index in [0.29, 0.717) is 22.9 Å². The van der Waals surface area contributed by atoms with Gasteiger partial charge < -0.3 is 10.1 Å². The van der Waals surface area contributed by atoms with Gasteiger partial charge in [-0.05, 0) is 50.1 Å². The molecule has 0 aliphatic carbocycles. The van der Waals surface area contributed by atoms with Gasteiger partial charge in [0, 0.05) is 24.3 Å². The lowest BCUT2D eigenvalue weighted by Gasteiger charge is -2.12. The van der Waals surface area contributed by atoms with Crippen LogP contribution in [-0.2, 0) is 4.79 Å². The van der Waals surface area contributed by atoms with Crippen LogP contribution in [0.2, 0.25) is 0 Å². The van der Waals surface area contributed by atoms with Crippen LogP contribution in [0.1, 0.15) is 40.0 Å². The Bertz CT molecular complexity index is 1360. The first-order valence-electron chi connectivity index (χ1n) is 10.8. The van der Waals surface area contributed by atoms with E-state index in [2.05, 4.69) is 10.4 Å². The number of nitrogens with one attached hydrogen (secondary N) is 1. The highest BCUT2D eigenvalue weighted by molar-refractivity contribution is 6.01. The summed E-state index contributed by atoms with van der Waals surface area (Å²) in [6.45, 7) is 5.91. The molecule has 0 bridgehead atoms. The zero-order valence-electron chi connectivity index (χ0n) is 19.2. The predicted molar refractivity (Wildman–Crippen MR) is 128 cm³/mol. The number of ketones is 1. The topological polar surface area (TPSA) is 86.1 Å². The van der Waals surface area contributed by atoms with Crippen molar-refractivity contribution in [1.82, 2.24) is 14.8 Å². The summed E-state index contributed by atoms with van der Waals surface area (Å²) in [5.41, 5.74) is 4.27. The molecule has 0 aliphatic heterocycles. The van der Waals surface area contributed by atoms with E-state index < -0.39 is 0 Å². The van der Waals surface area contributed by atoms with Crippen LogP contribution in [0.5, 0.6) is 5.75 Å². The van der Waals surface area contributed by atoms with Crippen LogP contribution in [-0.4, -0.2) is 33.6 Å². The number of hydrogen-bond acceptors (Lipinski definition) is 5. The third-order valence-electron chi connectivity index (χ3n) is 5.54. The predicted octanol–water partition coefficient (Wildman–Crippen LogP) is 4.96. The molecule has 2 heterocycles. The number of fused-ring (bicyclic) bond motifs is 1. The van der Waals surface area contributed by atoms with Gasteiger partial charge in [-0.15, -0.1) is 0 Å². The number of para-hydroxylation sites is 2. The molecule has 7 nitrogen and oxygen atoms in total. The van der Waals surface area contributed by atoms with Crippen molar-refractivity contribution in [3.8, 4) is 11.6 Å². The number of aryl methyl sites for hydroxylation is 3. The zero-order chi connectivity index (χ0) is 23.5. The van der Waals surface area contributed by atoms with Crippen molar-refractivity contribution in [3.05, 3.63) is 77.0 Å². The number of benzene rings is 2. The number of methoxy groups -OCH3 is 1. The van der Waals surface area contributed by atoms with E-state index in [-0.39, 0.29) is 24.5 Å². The highest BCUT2D eigenvalue weighted by atomic mass is 16.5. The van der Waals surface area contributed by atoms with E-state index in [1.54, 1.807) is 35.0 Å². The molecule has 0 radical (unpaired) electrons. The van der Waals surface area contributed by atoms with Gasteiger partial charge in [-0.3, -0.25) is 9.59 Å². The summed E-state index contributed by atoms with van der Waals surface area (Å²) in [5.74, 6) is 1.23. The average Bonchev–Trinajstić information content (AvgIpc) is 3.17. The number of rotatable bonds is 7. The number of nitrogens with zero attached hydrogens (tertiary/aromatic N) is 3. The molecular weight excluding hydrogens is 416 g/mol. The number of Topliss-reactive ketones (excluding diaryl/α,β-unsaturated/α-hetero) is 1. The Hall–Kier alpha value is -4.00. The molecule has 1 N–H and O–H groups in total. The molecule has 0 saturated carbocycles. The minimum Gasteiger partial charge on any atom is -0.496 e. The molecule has 0 saturated heterocycles. The molecule has 2 aromatic heterocycles. The second-order valence-corrected chi connectivity index (χ2v) is 8.02. The molecule has 168 valence electrons. The summed E-state index contributed by atoms with van der Waals surface area (Å²) in [6, 6.07) is 16.8. The molecule has 0 spiro atoms. The quantitative estimate of drug-likeness (QED) is 0.409. The van der Waals surface area contributed by atoms with Gasteiger partial charge in [0.15, 0.2) is 11.6 Å². The van der Waals surface area contributed by atoms with Gasteiger partial charge in [-0.1, -0.05) is 30.3 Å². The highest BCUT2D eigenvalue weighted by Crippen LogP contribution is 2.25. The molecular formula is C26H26N4O3. The van der Waals surface area contributed by atoms with Crippen molar-refractivity contribution in [2.75, 3.05) is 12.4 Å². The zero-order valence-corrected chi connectivity index (χ0v) is 19.2. The molecule has 1 amide bonds. The van der Waals surface area contributed by atoms with Crippen molar-refractivity contribution in [2.24, 2.45) is 0 Å². The first-order chi connectivity index (χ1) is 15.9. The third-order valence-corrected chi connectivity index (χ3v) is 5.54. The molecule has 4 aromatic rings. The number of anilines is 1. The van der Waals surface area contributed by atoms with Gasteiger partial charge >= 0.3 is 0 Å². The van der Waals surface area contributed by atoms with E-state index in [9.17, 15) is 9.59 Å². The minimum atomic E-state index is -0.270. The lowest BCUT2D eigenvalue weighted by Crippen LogP contribution is -2.17. The molecule has 0 fully saturated rings. The molecule has 0 aliphatic rings. The monoisotopic (exact) mass is 442 g/mol. The fourth-order valence-electron chi connectivity index (χ4n) is 3.86. The van der Waals surface area contributed by atoms with Crippen LogP contribution in [0.3, 0.4) is 0 Å². The number of ether oxygens (including phenoxy) is 1. The van der Waals surface area contributed by atoms with Gasteiger partial charge in [-0.25, -0.2) is 4.98 Å². The van der Waals surface area contributed by atoms with Crippen LogP contribution >= 0.6 is 0 Å². The maximum Gasteiger partial charge on any atom is 0.225 e. The van der Waals surface area contributed by atoms with Gasteiger partial charge in [0.1, 0.15) is 11.6 Å². The Morgan fingerprint density at radius 1 is 0.970 bits per heavy atom. The number of carbonyl (C=O) groups is 2. The maximum absolute atomic E-state index is 12.7. The molecule has 0 atom stereocenters. The minimum absolute atomic E-state index is 0.0460. The van der Waals surface area contributed by atoms with E-state index in [1.807, 2.05) is 45.0 Å². The van der Waals surface area contributed by atoms with Crippen molar-refractivity contribution < 1.29 is 14.3 Å². The number of carbonyl (C=O) groups excluding carboxylic acids is 2. The highest BCUT2D eigenvalue weighted by Gasteiger charge is 2.17. The normalized spacial score (nSPS) is 10.9. The Morgan fingerprint density at radius 2 is 1.76 bits per heavy atom. The van der Waals surface area contributed by atoms with Crippen molar-refractivity contribution in [2.45, 2.75) is 33.6 Å². The third kappa shape index (κ3) is 4.62. The summed E-state index contributed by atoms with van der Waals surface area (Å²) in [6.07, 6.45) is 0.121. The lowest BCUT2D eigenvalue weighted by atomic mass is 10.1. The van der Waals surface area contributed by atoms with E-state index in [4.69, 9.17) is 9.72 Å². The van der Waals surface area contributed by atoms with Crippen molar-refractivity contribution in [1.29, 1.82) is 0 Å². The van der Waals surface area contributed by atoms with Crippen molar-refractivity contribution in [3.63, 3.8) is 0 Å². The van der Waals surface area contributed by atoms with E-state index in [0.717, 1.165) is 27.7 Å². The summed E-state index contributed by atoms with van der Waals surface area (Å²) in [4.78, 5) is 30.1. The Kier molecular flexibility index (Phi) is 6.22. The lowest BCUT2D eigenvalue weighted by molar-refractivity contribution is -0.116. The maximum atomic E-state index is 12.7. The van der Waals surface area contributed by atoms with Gasteiger partial charge in [0.05, 0.1) is 23.9 Å². The van der Waals surface area contributed by atoms with Gasteiger partial charge in [0.2, 0.25) is 5.91 Å². The summed E-state index contributed by atoms with van der Waals surface area (Å²) < 4.78 is 6.88. The Morgan fingerprint density at radius 3 is 2.55 bits per heavy atom. The molecule has 7 heteroatoms. The molecule has 33 heavy (non-hydrogen) atoms. The van der Waals surface area contributed by atoms with Crippen LogP contribution < -0.4 is 10.1 Å². The van der Waals surface area contributed by atoms with E-state index >= 15 is 0 Å². The largest absolute Gasteiger partial charge is 0.496 e. The SMILES string of the molecule is COc1ccccc1C(=O)CCC(=O)Nc1cc(C)nn1-c1cc(C)c2cccc(C)c2n1. The smallest absolute Gasteiger partial charge is 0.225 e. The van der Waals surface area contributed by atoms with E-state index in [1.165, 1.54) is 7.11 Å². The van der Waals surface area contributed by atoms with Gasteiger partial charge in [0.25, 0.3) is 0 Å². The molecule has 0 unspecified atom stereocenters. The molecule has 4 rings (SSSR count). The number of amides is 1. The van der Waals surface area contributed by atoms with Gasteiger partial charge in [-0.2, -0.15) is 9.78 Å². The van der Waals surface area contributed by atoms with Crippen LogP contribution in [0.25, 0.3) is 16.7 Å². The second-order valence-electron chi connectivity index (χ2n) is 8.02. The first-order valence-corrected chi connectivity index (χ1v) is 10.8. The average molecular weight is 443 g/mol. The second kappa shape index (κ2) is 9.24. The Balaban J connectivity index is 1.54. The van der Waals surface area contributed by atoms with Crippen LogP contribution in [0.4, 0.5) is 5.82 Å².